The first-order valence-electron chi connectivity index (χ1n) is 3.65. The normalized spacial score (nSPS) is 39.0. The number of rotatable bonds is 0. The standard InChI is InChI=1S/C7H11NO2/c9-6-3-7(4-8-6)1-2-10-5-7/h1-5H2,(H,8,9)/t7-/m1/s1. The van der Waals surface area contributed by atoms with Gasteiger partial charge in [0.15, 0.2) is 0 Å². The summed E-state index contributed by atoms with van der Waals surface area (Å²) < 4.78 is 5.24. The number of carbonyl (C=O) groups is 1. The third-order valence-electron chi connectivity index (χ3n) is 2.38. The number of carbonyl (C=O) groups excluding carboxylic acids is 1. The molecule has 3 nitrogen and oxygen atoms in total. The summed E-state index contributed by atoms with van der Waals surface area (Å²) in [6.45, 7) is 2.42. The summed E-state index contributed by atoms with van der Waals surface area (Å²) in [4.78, 5) is 10.8. The van der Waals surface area contributed by atoms with Crippen molar-refractivity contribution in [2.45, 2.75) is 12.8 Å². The van der Waals surface area contributed by atoms with E-state index in [-0.39, 0.29) is 11.3 Å². The van der Waals surface area contributed by atoms with E-state index >= 15 is 0 Å². The lowest BCUT2D eigenvalue weighted by atomic mass is 9.87. The van der Waals surface area contributed by atoms with Crippen LogP contribution < -0.4 is 5.32 Å². The fourth-order valence-electron chi connectivity index (χ4n) is 1.68. The summed E-state index contributed by atoms with van der Waals surface area (Å²) in [5, 5.41) is 2.83. The third kappa shape index (κ3) is 0.814. The highest BCUT2D eigenvalue weighted by Gasteiger charge is 2.41. The molecule has 56 valence electrons. The smallest absolute Gasteiger partial charge is 0.220 e. The van der Waals surface area contributed by atoms with E-state index in [4.69, 9.17) is 4.74 Å². The molecule has 0 aliphatic carbocycles. The lowest BCUT2D eigenvalue weighted by Crippen LogP contribution is -2.23. The van der Waals surface area contributed by atoms with Gasteiger partial charge < -0.3 is 10.1 Å². The van der Waals surface area contributed by atoms with E-state index < -0.39 is 0 Å². The van der Waals surface area contributed by atoms with E-state index in [0.29, 0.717) is 6.42 Å². The molecule has 2 heterocycles. The van der Waals surface area contributed by atoms with Crippen molar-refractivity contribution in [3.63, 3.8) is 0 Å². The van der Waals surface area contributed by atoms with Gasteiger partial charge in [0.25, 0.3) is 0 Å². The molecule has 0 unspecified atom stereocenters. The van der Waals surface area contributed by atoms with Crippen LogP contribution in [0.3, 0.4) is 0 Å². The predicted molar refractivity (Wildman–Crippen MR) is 35.5 cm³/mol. The van der Waals surface area contributed by atoms with E-state index in [0.717, 1.165) is 26.2 Å². The molecule has 0 aromatic heterocycles. The highest BCUT2D eigenvalue weighted by molar-refractivity contribution is 5.79. The molecule has 0 aromatic rings. The quantitative estimate of drug-likeness (QED) is 0.512. The minimum atomic E-state index is 0.178. The predicted octanol–water partition coefficient (Wildman–Crippen LogP) is -0.0870. The second kappa shape index (κ2) is 1.95. The summed E-state index contributed by atoms with van der Waals surface area (Å²) in [5.41, 5.74) is 0.178. The zero-order chi connectivity index (χ0) is 7.03. The second-order valence-corrected chi connectivity index (χ2v) is 3.26. The van der Waals surface area contributed by atoms with Crippen molar-refractivity contribution >= 4 is 5.91 Å². The van der Waals surface area contributed by atoms with Gasteiger partial charge in [-0.25, -0.2) is 0 Å². The molecule has 3 heteroatoms. The molecule has 0 aromatic carbocycles. The summed E-state index contributed by atoms with van der Waals surface area (Å²) in [6, 6.07) is 0. The van der Waals surface area contributed by atoms with E-state index in [1.54, 1.807) is 0 Å². The lowest BCUT2D eigenvalue weighted by molar-refractivity contribution is -0.119. The zero-order valence-corrected chi connectivity index (χ0v) is 5.85. The summed E-state index contributed by atoms with van der Waals surface area (Å²) >= 11 is 0. The highest BCUT2D eigenvalue weighted by Crippen LogP contribution is 2.34. The van der Waals surface area contributed by atoms with Crippen LogP contribution in [-0.2, 0) is 9.53 Å². The Balaban J connectivity index is 2.09. The van der Waals surface area contributed by atoms with Crippen molar-refractivity contribution in [2.24, 2.45) is 5.41 Å². The largest absolute Gasteiger partial charge is 0.381 e. The number of nitrogens with one attached hydrogen (secondary N) is 1. The van der Waals surface area contributed by atoms with E-state index in [1.165, 1.54) is 0 Å². The summed E-state index contributed by atoms with van der Waals surface area (Å²) in [5.74, 6) is 0.186. The maximum absolute atomic E-state index is 10.8. The maximum atomic E-state index is 10.8. The van der Waals surface area contributed by atoms with Gasteiger partial charge in [0.2, 0.25) is 5.91 Å². The maximum Gasteiger partial charge on any atom is 0.220 e. The highest BCUT2D eigenvalue weighted by atomic mass is 16.5. The average Bonchev–Trinajstić information content (AvgIpc) is 2.46. The van der Waals surface area contributed by atoms with Gasteiger partial charge in [0.1, 0.15) is 0 Å². The van der Waals surface area contributed by atoms with Crippen LogP contribution in [0.4, 0.5) is 0 Å². The van der Waals surface area contributed by atoms with Crippen molar-refractivity contribution < 1.29 is 9.53 Å². The number of hydrogen-bond acceptors (Lipinski definition) is 2. The molecule has 10 heavy (non-hydrogen) atoms. The Hall–Kier alpha value is -0.570. The second-order valence-electron chi connectivity index (χ2n) is 3.26. The van der Waals surface area contributed by atoms with Crippen molar-refractivity contribution in [1.29, 1.82) is 0 Å². The first-order chi connectivity index (χ1) is 4.81. The lowest BCUT2D eigenvalue weighted by Gasteiger charge is -2.15. The fourth-order valence-corrected chi connectivity index (χ4v) is 1.68. The Morgan fingerprint density at radius 2 is 2.50 bits per heavy atom. The Morgan fingerprint density at radius 1 is 1.60 bits per heavy atom. The van der Waals surface area contributed by atoms with Gasteiger partial charge in [-0.05, 0) is 6.42 Å². The molecule has 0 radical (unpaired) electrons. The van der Waals surface area contributed by atoms with Crippen molar-refractivity contribution in [1.82, 2.24) is 5.32 Å². The Morgan fingerprint density at radius 3 is 3.00 bits per heavy atom. The number of ether oxygens (including phenoxy) is 1. The molecule has 2 rings (SSSR count). The first-order valence-corrected chi connectivity index (χ1v) is 3.65. The molecule has 1 spiro atoms. The molecule has 1 atom stereocenters. The molecule has 0 saturated carbocycles. The van der Waals surface area contributed by atoms with Crippen molar-refractivity contribution in [3.8, 4) is 0 Å². The van der Waals surface area contributed by atoms with E-state index in [1.807, 2.05) is 0 Å². The molecule has 0 bridgehead atoms. The molecule has 1 amide bonds. The topological polar surface area (TPSA) is 38.3 Å². The minimum Gasteiger partial charge on any atom is -0.381 e. The van der Waals surface area contributed by atoms with Crippen LogP contribution in [0.2, 0.25) is 0 Å². The minimum absolute atomic E-state index is 0.178. The Kier molecular flexibility index (Phi) is 1.20. The Bertz CT molecular complexity index is 161. The van der Waals surface area contributed by atoms with Crippen LogP contribution >= 0.6 is 0 Å². The summed E-state index contributed by atoms with van der Waals surface area (Å²) in [6.07, 6.45) is 1.72. The number of hydrogen-bond donors (Lipinski definition) is 1. The number of amides is 1. The van der Waals surface area contributed by atoms with Gasteiger partial charge in [0, 0.05) is 25.0 Å². The van der Waals surface area contributed by atoms with Gasteiger partial charge in [0.05, 0.1) is 6.61 Å². The molecular weight excluding hydrogens is 130 g/mol. The van der Waals surface area contributed by atoms with Crippen molar-refractivity contribution in [2.75, 3.05) is 19.8 Å². The zero-order valence-electron chi connectivity index (χ0n) is 5.85. The van der Waals surface area contributed by atoms with Crippen LogP contribution in [0.25, 0.3) is 0 Å². The molecular formula is C7H11NO2. The van der Waals surface area contributed by atoms with E-state index in [9.17, 15) is 4.79 Å². The van der Waals surface area contributed by atoms with Crippen LogP contribution in [0, 0.1) is 5.41 Å². The van der Waals surface area contributed by atoms with Gasteiger partial charge >= 0.3 is 0 Å². The van der Waals surface area contributed by atoms with E-state index in [2.05, 4.69) is 5.32 Å². The monoisotopic (exact) mass is 141 g/mol. The summed E-state index contributed by atoms with van der Waals surface area (Å²) in [7, 11) is 0. The van der Waals surface area contributed by atoms with Gasteiger partial charge in [-0.3, -0.25) is 4.79 Å². The molecule has 2 saturated heterocycles. The molecule has 2 aliphatic heterocycles. The fraction of sp³-hybridized carbons (Fsp3) is 0.857. The van der Waals surface area contributed by atoms with Gasteiger partial charge in [-0.1, -0.05) is 0 Å². The first kappa shape index (κ1) is 6.16. The third-order valence-corrected chi connectivity index (χ3v) is 2.38. The van der Waals surface area contributed by atoms with Gasteiger partial charge in [-0.2, -0.15) is 0 Å². The van der Waals surface area contributed by atoms with Crippen LogP contribution in [0.1, 0.15) is 12.8 Å². The van der Waals surface area contributed by atoms with Gasteiger partial charge in [-0.15, -0.1) is 0 Å². The Labute approximate surface area is 59.7 Å². The van der Waals surface area contributed by atoms with Crippen LogP contribution in [-0.4, -0.2) is 25.7 Å². The van der Waals surface area contributed by atoms with Crippen LogP contribution in [0.15, 0.2) is 0 Å². The van der Waals surface area contributed by atoms with Crippen molar-refractivity contribution in [3.05, 3.63) is 0 Å². The SMILES string of the molecule is O=C1C[C@]2(CCOC2)CN1. The molecule has 2 fully saturated rings. The molecule has 1 N–H and O–H groups in total. The van der Waals surface area contributed by atoms with Crippen LogP contribution in [0.5, 0.6) is 0 Å². The molecule has 2 aliphatic rings. The average molecular weight is 141 g/mol.